The molecule has 4 rings (SSSR count). The van der Waals surface area contributed by atoms with Gasteiger partial charge >= 0.3 is 5.97 Å². The van der Waals surface area contributed by atoms with E-state index < -0.39 is 11.2 Å². The quantitative estimate of drug-likeness (QED) is 0.333. The summed E-state index contributed by atoms with van der Waals surface area (Å²) in [6, 6.07) is 10.6. The van der Waals surface area contributed by atoms with Gasteiger partial charge in [0.2, 0.25) is 0 Å². The SMILES string of the molecule is COc1cc2cc(C(=O)Cl)sc2cc1OC.COc1cc2cc(C(=O)O)sc2cc1OC. The highest BCUT2D eigenvalue weighted by atomic mass is 35.5. The number of fused-ring (bicyclic) bond motifs is 2. The highest BCUT2D eigenvalue weighted by Gasteiger charge is 2.13. The predicted molar refractivity (Wildman–Crippen MR) is 127 cm³/mol. The fourth-order valence-corrected chi connectivity index (χ4v) is 4.92. The molecule has 0 saturated carbocycles. The van der Waals surface area contributed by atoms with Crippen molar-refractivity contribution in [2.24, 2.45) is 0 Å². The summed E-state index contributed by atoms with van der Waals surface area (Å²) >= 11 is 7.99. The summed E-state index contributed by atoms with van der Waals surface area (Å²) in [5.74, 6) is 1.57. The molecule has 10 heteroatoms. The average molecular weight is 495 g/mol. The molecule has 0 atom stereocenters. The van der Waals surface area contributed by atoms with E-state index in [4.69, 9.17) is 35.7 Å². The first kappa shape index (κ1) is 23.6. The van der Waals surface area contributed by atoms with Crippen LogP contribution >= 0.6 is 34.3 Å². The van der Waals surface area contributed by atoms with Gasteiger partial charge in [0.15, 0.2) is 23.0 Å². The van der Waals surface area contributed by atoms with Crippen LogP contribution in [0.25, 0.3) is 20.2 Å². The van der Waals surface area contributed by atoms with Gasteiger partial charge in [-0.25, -0.2) is 4.79 Å². The Morgan fingerprint density at radius 1 is 0.688 bits per heavy atom. The monoisotopic (exact) mass is 494 g/mol. The van der Waals surface area contributed by atoms with Gasteiger partial charge in [-0.3, -0.25) is 4.79 Å². The van der Waals surface area contributed by atoms with E-state index in [9.17, 15) is 9.59 Å². The van der Waals surface area contributed by atoms with Crippen molar-refractivity contribution in [2.75, 3.05) is 28.4 Å². The molecule has 1 N–H and O–H groups in total. The van der Waals surface area contributed by atoms with Crippen molar-refractivity contribution in [1.82, 2.24) is 0 Å². The zero-order valence-corrected chi connectivity index (χ0v) is 19.9. The predicted octanol–water partition coefficient (Wildman–Crippen LogP) is 5.91. The van der Waals surface area contributed by atoms with Crippen LogP contribution in [-0.4, -0.2) is 44.8 Å². The number of halogens is 1. The van der Waals surface area contributed by atoms with E-state index >= 15 is 0 Å². The highest BCUT2D eigenvalue weighted by Crippen LogP contribution is 2.37. The fraction of sp³-hybridized carbons (Fsp3) is 0.182. The van der Waals surface area contributed by atoms with Gasteiger partial charge in [-0.15, -0.1) is 22.7 Å². The standard InChI is InChI=1S/C11H9ClO3S.C11H10O4S/c2*1-14-7-3-6-4-10(11(12)13)16-9(6)5-8(7)15-2/h3-5H,1-2H3;3-5H,1-2H3,(H,12,13). The van der Waals surface area contributed by atoms with Gasteiger partial charge in [0.1, 0.15) is 4.88 Å². The van der Waals surface area contributed by atoms with E-state index in [1.807, 2.05) is 12.1 Å². The Morgan fingerprint density at radius 2 is 1.06 bits per heavy atom. The number of methoxy groups -OCH3 is 4. The topological polar surface area (TPSA) is 91.3 Å². The summed E-state index contributed by atoms with van der Waals surface area (Å²) in [5.41, 5.74) is 0. The fourth-order valence-electron chi connectivity index (χ4n) is 2.94. The van der Waals surface area contributed by atoms with Crippen molar-refractivity contribution in [3.8, 4) is 23.0 Å². The summed E-state index contributed by atoms with van der Waals surface area (Å²) < 4.78 is 22.5. The van der Waals surface area contributed by atoms with E-state index in [2.05, 4.69) is 0 Å². The summed E-state index contributed by atoms with van der Waals surface area (Å²) in [4.78, 5) is 22.7. The van der Waals surface area contributed by atoms with Gasteiger partial charge in [-0.1, -0.05) is 0 Å². The van der Waals surface area contributed by atoms with Gasteiger partial charge in [0.05, 0.1) is 33.3 Å². The summed E-state index contributed by atoms with van der Waals surface area (Å²) in [6.45, 7) is 0. The van der Waals surface area contributed by atoms with E-state index in [0.29, 0.717) is 32.8 Å². The molecule has 2 aromatic heterocycles. The Morgan fingerprint density at radius 3 is 1.44 bits per heavy atom. The van der Waals surface area contributed by atoms with Gasteiger partial charge in [0.25, 0.3) is 5.24 Å². The van der Waals surface area contributed by atoms with Crippen LogP contribution in [-0.2, 0) is 0 Å². The molecule has 0 spiro atoms. The Hall–Kier alpha value is -3.01. The molecule has 0 fully saturated rings. The number of carbonyl (C=O) groups excluding carboxylic acids is 1. The molecule has 168 valence electrons. The average Bonchev–Trinajstić information content (AvgIpc) is 3.40. The van der Waals surface area contributed by atoms with Crippen molar-refractivity contribution >= 4 is 65.7 Å². The number of carbonyl (C=O) groups is 2. The molecule has 0 aliphatic carbocycles. The summed E-state index contributed by atoms with van der Waals surface area (Å²) in [7, 11) is 6.25. The second kappa shape index (κ2) is 10.1. The first-order valence-electron chi connectivity index (χ1n) is 9.05. The molecule has 4 aromatic rings. The number of rotatable bonds is 6. The number of hydrogen-bond donors (Lipinski definition) is 1. The number of carboxylic acids is 1. The number of benzene rings is 2. The second-order valence-corrected chi connectivity index (χ2v) is 8.80. The van der Waals surface area contributed by atoms with Crippen LogP contribution in [0.4, 0.5) is 0 Å². The Labute approximate surface area is 196 Å². The molecule has 32 heavy (non-hydrogen) atoms. The molecule has 7 nitrogen and oxygen atoms in total. The lowest BCUT2D eigenvalue weighted by molar-refractivity contribution is 0.0702. The lowest BCUT2D eigenvalue weighted by Gasteiger charge is -2.06. The molecule has 2 aromatic carbocycles. The van der Waals surface area contributed by atoms with Gasteiger partial charge < -0.3 is 24.1 Å². The first-order chi connectivity index (χ1) is 15.3. The molecular weight excluding hydrogens is 476 g/mol. The second-order valence-electron chi connectivity index (χ2n) is 6.29. The van der Waals surface area contributed by atoms with Gasteiger partial charge in [0, 0.05) is 21.5 Å². The zero-order valence-electron chi connectivity index (χ0n) is 17.6. The van der Waals surface area contributed by atoms with Crippen molar-refractivity contribution in [1.29, 1.82) is 0 Å². The molecule has 0 saturated heterocycles. The summed E-state index contributed by atoms with van der Waals surface area (Å²) in [6.07, 6.45) is 0. The smallest absolute Gasteiger partial charge is 0.345 e. The Bertz CT molecular complexity index is 1110. The summed E-state index contributed by atoms with van der Waals surface area (Å²) in [5, 5.41) is 10.2. The van der Waals surface area contributed by atoms with Crippen LogP contribution < -0.4 is 18.9 Å². The van der Waals surface area contributed by atoms with Crippen LogP contribution in [0.3, 0.4) is 0 Å². The lowest BCUT2D eigenvalue weighted by Crippen LogP contribution is -1.89. The van der Waals surface area contributed by atoms with Gasteiger partial charge in [-0.05, 0) is 46.6 Å². The molecule has 0 amide bonds. The van der Waals surface area contributed by atoms with E-state index in [1.165, 1.54) is 22.7 Å². The molecular formula is C22H19ClO7S2. The molecule has 0 bridgehead atoms. The Balaban J connectivity index is 0.000000181. The van der Waals surface area contributed by atoms with Crippen molar-refractivity contribution in [3.05, 3.63) is 46.2 Å². The van der Waals surface area contributed by atoms with Crippen LogP contribution in [0.5, 0.6) is 23.0 Å². The maximum absolute atomic E-state index is 11.0. The van der Waals surface area contributed by atoms with E-state index in [0.717, 1.165) is 20.2 Å². The van der Waals surface area contributed by atoms with Crippen LogP contribution in [0.2, 0.25) is 0 Å². The van der Waals surface area contributed by atoms with Crippen LogP contribution in [0.1, 0.15) is 19.3 Å². The third kappa shape index (κ3) is 4.90. The molecule has 0 aliphatic heterocycles. The van der Waals surface area contributed by atoms with E-state index in [-0.39, 0.29) is 0 Å². The van der Waals surface area contributed by atoms with Crippen LogP contribution in [0.15, 0.2) is 36.4 Å². The van der Waals surface area contributed by atoms with Crippen molar-refractivity contribution < 1.29 is 33.6 Å². The molecule has 0 radical (unpaired) electrons. The minimum absolute atomic E-state index is 0.310. The molecule has 0 aliphatic rings. The van der Waals surface area contributed by atoms with E-state index in [1.54, 1.807) is 52.7 Å². The number of ether oxygens (including phenoxy) is 4. The number of carboxylic acid groups (broad SMARTS) is 1. The molecule has 2 heterocycles. The zero-order chi connectivity index (χ0) is 23.4. The van der Waals surface area contributed by atoms with Crippen molar-refractivity contribution in [3.63, 3.8) is 0 Å². The number of hydrogen-bond acceptors (Lipinski definition) is 8. The maximum Gasteiger partial charge on any atom is 0.345 e. The maximum atomic E-state index is 11.0. The minimum Gasteiger partial charge on any atom is -0.493 e. The third-order valence-corrected chi connectivity index (χ3v) is 6.95. The normalized spacial score (nSPS) is 10.4. The number of aromatic carboxylic acids is 1. The molecule has 0 unspecified atom stereocenters. The highest BCUT2D eigenvalue weighted by molar-refractivity contribution is 7.22. The first-order valence-corrected chi connectivity index (χ1v) is 11.1. The van der Waals surface area contributed by atoms with Gasteiger partial charge in [-0.2, -0.15) is 0 Å². The largest absolute Gasteiger partial charge is 0.493 e. The lowest BCUT2D eigenvalue weighted by atomic mass is 10.2. The minimum atomic E-state index is -0.917. The Kier molecular flexibility index (Phi) is 7.44. The third-order valence-electron chi connectivity index (χ3n) is 4.45. The number of thiophene rings is 2. The van der Waals surface area contributed by atoms with Crippen molar-refractivity contribution in [2.45, 2.75) is 0 Å². The van der Waals surface area contributed by atoms with Crippen LogP contribution in [0, 0.1) is 0 Å².